The number of carbonyl (C=O) groups is 2. The van der Waals surface area contributed by atoms with Gasteiger partial charge in [0.1, 0.15) is 0 Å². The number of alkyl halides is 3. The van der Waals surface area contributed by atoms with E-state index in [1.165, 1.54) is 5.56 Å². The molecule has 0 aromatic heterocycles. The molecular formula is C27H26ClF3N2O4. The summed E-state index contributed by atoms with van der Waals surface area (Å²) in [6.07, 6.45) is -3.52. The number of hydrogen-bond acceptors (Lipinski definition) is 4. The van der Waals surface area contributed by atoms with E-state index in [0.29, 0.717) is 10.6 Å². The first-order valence-corrected chi connectivity index (χ1v) is 11.9. The number of carboxylic acid groups (broad SMARTS) is 1. The number of amides is 1. The van der Waals surface area contributed by atoms with E-state index in [1.807, 2.05) is 24.3 Å². The predicted molar refractivity (Wildman–Crippen MR) is 135 cm³/mol. The molecule has 37 heavy (non-hydrogen) atoms. The van der Waals surface area contributed by atoms with Gasteiger partial charge in [-0.1, -0.05) is 48.0 Å². The minimum Gasteiger partial charge on any atom is -0.475 e. The van der Waals surface area contributed by atoms with Crippen molar-refractivity contribution in [2.75, 3.05) is 18.4 Å². The minimum absolute atomic E-state index is 0.143. The van der Waals surface area contributed by atoms with Gasteiger partial charge in [-0.3, -0.25) is 9.69 Å². The van der Waals surface area contributed by atoms with E-state index in [9.17, 15) is 23.1 Å². The zero-order chi connectivity index (χ0) is 27.0. The molecule has 0 saturated carbocycles. The Bertz CT molecular complexity index is 1190. The highest BCUT2D eigenvalue weighted by Gasteiger charge is 2.38. The molecule has 1 aliphatic heterocycles. The van der Waals surface area contributed by atoms with Crippen molar-refractivity contribution in [3.05, 3.63) is 88.9 Å². The normalized spacial score (nSPS) is 14.4. The number of aliphatic hydroxyl groups is 1. The van der Waals surface area contributed by atoms with Crippen molar-refractivity contribution in [3.63, 3.8) is 0 Å². The second-order valence-electron chi connectivity index (χ2n) is 8.55. The number of nitrogens with zero attached hydrogens (tertiary/aromatic N) is 1. The van der Waals surface area contributed by atoms with Crippen LogP contribution >= 0.6 is 11.6 Å². The molecule has 0 unspecified atom stereocenters. The lowest BCUT2D eigenvalue weighted by molar-refractivity contribution is -0.192. The minimum atomic E-state index is -5.08. The van der Waals surface area contributed by atoms with Crippen molar-refractivity contribution < 1.29 is 33.0 Å². The largest absolute Gasteiger partial charge is 0.490 e. The summed E-state index contributed by atoms with van der Waals surface area (Å²) < 4.78 is 31.7. The maximum atomic E-state index is 12.5. The average molecular weight is 535 g/mol. The van der Waals surface area contributed by atoms with Gasteiger partial charge in [-0.05, 0) is 65.9 Å². The Morgan fingerprint density at radius 1 is 0.946 bits per heavy atom. The number of carboxylic acids is 1. The van der Waals surface area contributed by atoms with Crippen LogP contribution in [0.4, 0.5) is 18.9 Å². The smallest absolute Gasteiger partial charge is 0.475 e. The van der Waals surface area contributed by atoms with Gasteiger partial charge in [-0.25, -0.2) is 4.79 Å². The van der Waals surface area contributed by atoms with Gasteiger partial charge >= 0.3 is 12.1 Å². The lowest BCUT2D eigenvalue weighted by Gasteiger charge is -2.29. The van der Waals surface area contributed by atoms with Gasteiger partial charge in [0.25, 0.3) is 5.91 Å². The van der Waals surface area contributed by atoms with E-state index in [4.69, 9.17) is 21.5 Å². The maximum Gasteiger partial charge on any atom is 0.490 e. The molecule has 1 saturated heterocycles. The number of hydrogen-bond donors (Lipinski definition) is 3. The molecule has 6 nitrogen and oxygen atoms in total. The van der Waals surface area contributed by atoms with E-state index in [0.717, 1.165) is 49.3 Å². The summed E-state index contributed by atoms with van der Waals surface area (Å²) in [5.74, 6) is -2.92. The molecule has 0 spiro atoms. The average Bonchev–Trinajstić information content (AvgIpc) is 2.86. The SMILES string of the molecule is O=C(Nc1cccc(-c2ccc(CN3CCC(O)CC3)cc2)c1)c1ccc(Cl)cc1.O=C(O)C(F)(F)F. The fourth-order valence-corrected chi connectivity index (χ4v) is 3.85. The topological polar surface area (TPSA) is 89.9 Å². The summed E-state index contributed by atoms with van der Waals surface area (Å²) in [5.41, 5.74) is 4.75. The fourth-order valence-electron chi connectivity index (χ4n) is 3.72. The van der Waals surface area contributed by atoms with Crippen LogP contribution < -0.4 is 5.32 Å². The molecule has 1 heterocycles. The van der Waals surface area contributed by atoms with Crippen LogP contribution in [0.5, 0.6) is 0 Å². The third-order valence-corrected chi connectivity index (χ3v) is 5.97. The van der Waals surface area contributed by atoms with Crippen molar-refractivity contribution in [1.82, 2.24) is 4.90 Å². The third-order valence-electron chi connectivity index (χ3n) is 5.72. The number of rotatable bonds is 5. The summed E-state index contributed by atoms with van der Waals surface area (Å²) in [7, 11) is 0. The number of piperidine rings is 1. The Kier molecular flexibility index (Phi) is 9.68. The first-order valence-electron chi connectivity index (χ1n) is 11.5. The Morgan fingerprint density at radius 2 is 1.54 bits per heavy atom. The van der Waals surface area contributed by atoms with Gasteiger partial charge < -0.3 is 15.5 Å². The lowest BCUT2D eigenvalue weighted by Crippen LogP contribution is -2.35. The zero-order valence-corrected chi connectivity index (χ0v) is 20.5. The van der Waals surface area contributed by atoms with Crippen LogP contribution in [0.3, 0.4) is 0 Å². The Hall–Kier alpha value is -3.40. The van der Waals surface area contributed by atoms with Crippen LogP contribution in [-0.4, -0.2) is 52.4 Å². The quantitative estimate of drug-likeness (QED) is 0.382. The molecular weight excluding hydrogens is 509 g/mol. The highest BCUT2D eigenvalue weighted by atomic mass is 35.5. The first-order chi connectivity index (χ1) is 17.5. The molecule has 1 aliphatic rings. The molecule has 10 heteroatoms. The Labute approximate surface area is 217 Å². The van der Waals surface area contributed by atoms with Gasteiger partial charge in [0.05, 0.1) is 6.10 Å². The summed E-state index contributed by atoms with van der Waals surface area (Å²) in [4.78, 5) is 23.7. The number of aliphatic carboxylic acids is 1. The predicted octanol–water partition coefficient (Wildman–Crippen LogP) is 5.85. The number of nitrogens with one attached hydrogen (secondary N) is 1. The van der Waals surface area contributed by atoms with Crippen molar-refractivity contribution in [3.8, 4) is 11.1 Å². The maximum absolute atomic E-state index is 12.5. The molecule has 0 bridgehead atoms. The molecule has 3 N–H and O–H groups in total. The van der Waals surface area contributed by atoms with E-state index in [1.54, 1.807) is 24.3 Å². The molecule has 0 radical (unpaired) electrons. The van der Waals surface area contributed by atoms with Crippen molar-refractivity contribution in [1.29, 1.82) is 0 Å². The van der Waals surface area contributed by atoms with Crippen LogP contribution in [0.25, 0.3) is 11.1 Å². The molecule has 3 aromatic rings. The summed E-state index contributed by atoms with van der Waals surface area (Å²) >= 11 is 5.89. The van der Waals surface area contributed by atoms with Crippen molar-refractivity contribution in [2.45, 2.75) is 31.7 Å². The molecule has 1 fully saturated rings. The molecule has 1 amide bonds. The van der Waals surface area contributed by atoms with Gasteiger partial charge in [-0.2, -0.15) is 13.2 Å². The Morgan fingerprint density at radius 3 is 2.11 bits per heavy atom. The lowest BCUT2D eigenvalue weighted by atomic mass is 10.0. The highest BCUT2D eigenvalue weighted by molar-refractivity contribution is 6.30. The second kappa shape index (κ2) is 12.7. The van der Waals surface area contributed by atoms with Crippen LogP contribution in [0.15, 0.2) is 72.8 Å². The molecule has 196 valence electrons. The van der Waals surface area contributed by atoms with Crippen molar-refractivity contribution >= 4 is 29.2 Å². The van der Waals surface area contributed by atoms with E-state index >= 15 is 0 Å². The molecule has 0 aliphatic carbocycles. The molecule has 0 atom stereocenters. The van der Waals surface area contributed by atoms with Crippen LogP contribution in [0.2, 0.25) is 5.02 Å². The van der Waals surface area contributed by atoms with Crippen LogP contribution in [0, 0.1) is 0 Å². The summed E-state index contributed by atoms with van der Waals surface area (Å²) in [6, 6.07) is 23.2. The number of carbonyl (C=O) groups excluding carboxylic acids is 1. The number of halogens is 4. The molecule has 3 aromatic carbocycles. The standard InChI is InChI=1S/C25H25ClN2O2.C2HF3O2/c26-22-10-8-20(9-11-22)25(30)27-23-3-1-2-21(16-23)19-6-4-18(5-7-19)17-28-14-12-24(29)13-15-28;3-2(4,5)1(6)7/h1-11,16,24,29H,12-15,17H2,(H,27,30);(H,6,7). The number of anilines is 1. The highest BCUT2D eigenvalue weighted by Crippen LogP contribution is 2.24. The monoisotopic (exact) mass is 534 g/mol. The summed E-state index contributed by atoms with van der Waals surface area (Å²) in [6.45, 7) is 2.79. The summed E-state index contributed by atoms with van der Waals surface area (Å²) in [5, 5.41) is 20.3. The van der Waals surface area contributed by atoms with Crippen molar-refractivity contribution in [2.24, 2.45) is 0 Å². The second-order valence-corrected chi connectivity index (χ2v) is 8.99. The van der Waals surface area contributed by atoms with Crippen LogP contribution in [-0.2, 0) is 11.3 Å². The van der Waals surface area contributed by atoms with E-state index in [2.05, 4.69) is 34.5 Å². The van der Waals surface area contributed by atoms with Gasteiger partial charge in [0, 0.05) is 35.9 Å². The van der Waals surface area contributed by atoms with Gasteiger partial charge in [0.15, 0.2) is 0 Å². The number of likely N-dealkylation sites (tertiary alicyclic amines) is 1. The fraction of sp³-hybridized carbons (Fsp3) is 0.259. The number of aliphatic hydroxyl groups excluding tert-OH is 1. The third kappa shape index (κ3) is 8.89. The zero-order valence-electron chi connectivity index (χ0n) is 19.7. The Balaban J connectivity index is 0.000000479. The van der Waals surface area contributed by atoms with Gasteiger partial charge in [0.2, 0.25) is 0 Å². The first kappa shape index (κ1) is 28.2. The van der Waals surface area contributed by atoms with Crippen LogP contribution in [0.1, 0.15) is 28.8 Å². The van der Waals surface area contributed by atoms with Gasteiger partial charge in [-0.15, -0.1) is 0 Å². The number of benzene rings is 3. The molecule has 4 rings (SSSR count). The van der Waals surface area contributed by atoms with E-state index in [-0.39, 0.29) is 12.0 Å². The van der Waals surface area contributed by atoms with E-state index < -0.39 is 12.1 Å².